The number of nitrogens with zero attached hydrogens (tertiary/aromatic N) is 3. The van der Waals surface area contributed by atoms with Gasteiger partial charge in [-0.25, -0.2) is 9.97 Å². The summed E-state index contributed by atoms with van der Waals surface area (Å²) >= 11 is 6.21. The first-order chi connectivity index (χ1) is 12.6. The summed E-state index contributed by atoms with van der Waals surface area (Å²) in [5.41, 5.74) is 0.425. The van der Waals surface area contributed by atoms with Crippen molar-refractivity contribution in [3.63, 3.8) is 0 Å². The molecule has 0 N–H and O–H groups in total. The molecule has 1 aromatic heterocycles. The Balaban J connectivity index is 1.58. The third-order valence-electron chi connectivity index (χ3n) is 5.48. The van der Waals surface area contributed by atoms with Crippen molar-refractivity contribution in [3.8, 4) is 0 Å². The average molecular weight is 372 g/mol. The quantitative estimate of drug-likeness (QED) is 0.605. The minimum absolute atomic E-state index is 0.164. The van der Waals surface area contributed by atoms with Gasteiger partial charge in [0.05, 0.1) is 12.5 Å². The first-order valence-corrected chi connectivity index (χ1v) is 9.43. The Morgan fingerprint density at radius 2 is 1.88 bits per heavy atom. The van der Waals surface area contributed by atoms with E-state index in [-0.39, 0.29) is 5.97 Å². The lowest BCUT2D eigenvalue weighted by Crippen LogP contribution is -2.48. The summed E-state index contributed by atoms with van der Waals surface area (Å²) in [5, 5.41) is 0.491. The molecular weight excluding hydrogens is 350 g/mol. The van der Waals surface area contributed by atoms with Gasteiger partial charge in [-0.15, -0.1) is 0 Å². The number of aromatic nitrogens is 2. The maximum Gasteiger partial charge on any atom is 0.316 e. The molecule has 2 heterocycles. The molecule has 0 unspecified atom stereocenters. The average Bonchev–Trinajstić information content (AvgIpc) is 3.53. The number of halogens is 1. The first kappa shape index (κ1) is 17.3. The highest BCUT2D eigenvalue weighted by molar-refractivity contribution is 6.29. The molecule has 136 valence electrons. The summed E-state index contributed by atoms with van der Waals surface area (Å²) in [5.74, 6) is 2.00. The van der Waals surface area contributed by atoms with Crippen LogP contribution in [0.1, 0.15) is 43.0 Å². The summed E-state index contributed by atoms with van der Waals surface area (Å²) in [6.45, 7) is 1.45. The van der Waals surface area contributed by atoms with Crippen molar-refractivity contribution in [3.05, 3.63) is 52.9 Å². The SMILES string of the molecule is COC(=O)C1(c2ccccc2)CCN(c2cc(Cl)nc(C3CC3)n2)CC1. The molecule has 1 saturated heterocycles. The molecule has 0 radical (unpaired) electrons. The second kappa shape index (κ2) is 6.88. The van der Waals surface area contributed by atoms with Crippen LogP contribution in [0, 0.1) is 0 Å². The standard InChI is InChI=1S/C20H22ClN3O2/c1-26-19(25)20(15-5-3-2-4-6-15)9-11-24(12-10-20)17-13-16(21)22-18(23-17)14-7-8-14/h2-6,13-14H,7-12H2,1H3. The smallest absolute Gasteiger partial charge is 0.316 e. The number of methoxy groups -OCH3 is 1. The molecule has 26 heavy (non-hydrogen) atoms. The van der Waals surface area contributed by atoms with E-state index in [0.717, 1.165) is 43.1 Å². The Kier molecular flexibility index (Phi) is 4.57. The summed E-state index contributed by atoms with van der Waals surface area (Å²) in [6, 6.07) is 11.8. The van der Waals surface area contributed by atoms with Crippen molar-refractivity contribution in [1.82, 2.24) is 9.97 Å². The Bertz CT molecular complexity index is 800. The molecule has 0 bridgehead atoms. The number of carbonyl (C=O) groups is 1. The zero-order valence-corrected chi connectivity index (χ0v) is 15.6. The van der Waals surface area contributed by atoms with Crippen LogP contribution in [-0.4, -0.2) is 36.1 Å². The lowest BCUT2D eigenvalue weighted by atomic mass is 9.72. The van der Waals surface area contributed by atoms with Crippen LogP contribution >= 0.6 is 11.6 Å². The van der Waals surface area contributed by atoms with Crippen LogP contribution in [0.4, 0.5) is 5.82 Å². The van der Waals surface area contributed by atoms with E-state index in [2.05, 4.69) is 9.88 Å². The van der Waals surface area contributed by atoms with E-state index in [9.17, 15) is 4.79 Å². The predicted molar refractivity (Wildman–Crippen MR) is 101 cm³/mol. The normalized spacial score (nSPS) is 19.2. The van der Waals surface area contributed by atoms with E-state index in [1.807, 2.05) is 36.4 Å². The van der Waals surface area contributed by atoms with Gasteiger partial charge in [0.2, 0.25) is 0 Å². The molecule has 0 amide bonds. The van der Waals surface area contributed by atoms with Gasteiger partial charge < -0.3 is 9.64 Å². The van der Waals surface area contributed by atoms with Crippen LogP contribution in [0.25, 0.3) is 0 Å². The number of carbonyl (C=O) groups excluding carboxylic acids is 1. The van der Waals surface area contributed by atoms with Crippen molar-refractivity contribution in [1.29, 1.82) is 0 Å². The molecule has 5 nitrogen and oxygen atoms in total. The van der Waals surface area contributed by atoms with Crippen molar-refractivity contribution < 1.29 is 9.53 Å². The summed E-state index contributed by atoms with van der Waals surface area (Å²) in [7, 11) is 1.46. The topological polar surface area (TPSA) is 55.3 Å². The molecule has 0 spiro atoms. The highest BCUT2D eigenvalue weighted by Crippen LogP contribution is 2.41. The number of piperidine rings is 1. The van der Waals surface area contributed by atoms with Crippen LogP contribution in [-0.2, 0) is 14.9 Å². The Hall–Kier alpha value is -2.14. The summed E-state index contributed by atoms with van der Waals surface area (Å²) in [4.78, 5) is 23.9. The van der Waals surface area contributed by atoms with E-state index in [1.54, 1.807) is 0 Å². The molecule has 2 aromatic rings. The van der Waals surface area contributed by atoms with Crippen molar-refractivity contribution in [2.75, 3.05) is 25.1 Å². The number of hydrogen-bond donors (Lipinski definition) is 0. The van der Waals surface area contributed by atoms with Gasteiger partial charge in [0.15, 0.2) is 0 Å². The minimum Gasteiger partial charge on any atom is -0.468 e. The fourth-order valence-electron chi connectivity index (χ4n) is 3.79. The fraction of sp³-hybridized carbons (Fsp3) is 0.450. The van der Waals surface area contributed by atoms with Crippen molar-refractivity contribution >= 4 is 23.4 Å². The van der Waals surface area contributed by atoms with E-state index >= 15 is 0 Å². The van der Waals surface area contributed by atoms with Gasteiger partial charge in [-0.05, 0) is 31.2 Å². The van der Waals surface area contributed by atoms with Crippen molar-refractivity contribution in [2.24, 2.45) is 0 Å². The van der Waals surface area contributed by atoms with Crippen molar-refractivity contribution in [2.45, 2.75) is 37.0 Å². The summed E-state index contributed by atoms with van der Waals surface area (Å²) < 4.78 is 5.16. The predicted octanol–water partition coefficient (Wildman–Crippen LogP) is 3.72. The molecule has 0 atom stereocenters. The highest BCUT2D eigenvalue weighted by Gasteiger charge is 2.44. The van der Waals surface area contributed by atoms with Gasteiger partial charge in [-0.1, -0.05) is 41.9 Å². The van der Waals surface area contributed by atoms with Crippen LogP contribution < -0.4 is 4.90 Å². The number of benzene rings is 1. The number of hydrogen-bond acceptors (Lipinski definition) is 5. The lowest BCUT2D eigenvalue weighted by molar-refractivity contribution is -0.148. The van der Waals surface area contributed by atoms with Crippen LogP contribution in [0.5, 0.6) is 0 Å². The maximum atomic E-state index is 12.7. The van der Waals surface area contributed by atoms with Gasteiger partial charge in [-0.2, -0.15) is 0 Å². The zero-order chi connectivity index (χ0) is 18.1. The molecule has 4 rings (SSSR count). The molecule has 1 saturated carbocycles. The van der Waals surface area contributed by atoms with Gasteiger partial charge in [-0.3, -0.25) is 4.79 Å². The second-order valence-corrected chi connectivity index (χ2v) is 7.50. The molecule has 2 fully saturated rings. The van der Waals surface area contributed by atoms with Gasteiger partial charge in [0, 0.05) is 25.1 Å². The fourth-order valence-corrected chi connectivity index (χ4v) is 3.97. The maximum absolute atomic E-state index is 12.7. The molecule has 1 aliphatic heterocycles. The number of ether oxygens (including phenoxy) is 1. The molecule has 1 aliphatic carbocycles. The molecule has 1 aromatic carbocycles. The second-order valence-electron chi connectivity index (χ2n) is 7.11. The number of anilines is 1. The third kappa shape index (κ3) is 3.16. The van der Waals surface area contributed by atoms with E-state index in [1.165, 1.54) is 7.11 Å². The van der Waals surface area contributed by atoms with Crippen LogP contribution in [0.3, 0.4) is 0 Å². The lowest BCUT2D eigenvalue weighted by Gasteiger charge is -2.40. The zero-order valence-electron chi connectivity index (χ0n) is 14.8. The monoisotopic (exact) mass is 371 g/mol. The van der Waals surface area contributed by atoms with Gasteiger partial charge in [0.1, 0.15) is 16.8 Å². The van der Waals surface area contributed by atoms with Gasteiger partial charge in [0.25, 0.3) is 0 Å². The van der Waals surface area contributed by atoms with Crippen LogP contribution in [0.15, 0.2) is 36.4 Å². The number of esters is 1. The van der Waals surface area contributed by atoms with Crippen LogP contribution in [0.2, 0.25) is 5.15 Å². The Morgan fingerprint density at radius 3 is 2.50 bits per heavy atom. The summed E-state index contributed by atoms with van der Waals surface area (Å²) in [6.07, 6.45) is 3.65. The third-order valence-corrected chi connectivity index (χ3v) is 5.68. The largest absolute Gasteiger partial charge is 0.468 e. The highest BCUT2D eigenvalue weighted by atomic mass is 35.5. The van der Waals surface area contributed by atoms with E-state index < -0.39 is 5.41 Å². The van der Waals surface area contributed by atoms with Gasteiger partial charge >= 0.3 is 5.97 Å². The Morgan fingerprint density at radius 1 is 1.19 bits per heavy atom. The van der Waals surface area contributed by atoms with E-state index in [0.29, 0.717) is 23.9 Å². The molecule has 6 heteroatoms. The Labute approximate surface area is 158 Å². The molecular formula is C20H22ClN3O2. The van der Waals surface area contributed by atoms with E-state index in [4.69, 9.17) is 21.3 Å². The number of rotatable bonds is 4. The molecule has 2 aliphatic rings. The first-order valence-electron chi connectivity index (χ1n) is 9.06. The minimum atomic E-state index is -0.595.